The number of ether oxygens (including phenoxy) is 2. The first-order chi connectivity index (χ1) is 16.1. The van der Waals surface area contributed by atoms with Crippen LogP contribution in [0.2, 0.25) is 5.02 Å². The fourth-order valence-electron chi connectivity index (χ4n) is 3.74. The highest BCUT2D eigenvalue weighted by atomic mass is 35.5. The number of nitrogens with one attached hydrogen (secondary N) is 1. The van der Waals surface area contributed by atoms with Gasteiger partial charge in [0.2, 0.25) is 0 Å². The molecule has 0 radical (unpaired) electrons. The molecule has 5 rings (SSSR count). The Morgan fingerprint density at radius 3 is 2.73 bits per heavy atom. The van der Waals surface area contributed by atoms with E-state index in [4.69, 9.17) is 21.1 Å². The van der Waals surface area contributed by atoms with Gasteiger partial charge in [-0.3, -0.25) is 4.79 Å². The van der Waals surface area contributed by atoms with Gasteiger partial charge in [0, 0.05) is 23.7 Å². The number of thiophene rings is 1. The van der Waals surface area contributed by atoms with Crippen molar-refractivity contribution in [2.24, 2.45) is 0 Å². The predicted molar refractivity (Wildman–Crippen MR) is 129 cm³/mol. The molecule has 33 heavy (non-hydrogen) atoms. The number of nitrogens with zero attached hydrogens (tertiary/aromatic N) is 2. The van der Waals surface area contributed by atoms with Crippen molar-refractivity contribution < 1.29 is 14.3 Å². The van der Waals surface area contributed by atoms with Crippen LogP contribution in [0.25, 0.3) is 22.0 Å². The Hall–Kier alpha value is -3.20. The predicted octanol–water partition coefficient (Wildman–Crippen LogP) is 4.50. The van der Waals surface area contributed by atoms with Crippen LogP contribution in [0.1, 0.15) is 15.5 Å². The van der Waals surface area contributed by atoms with Gasteiger partial charge in [0.1, 0.15) is 17.3 Å². The molecule has 0 bridgehead atoms. The quantitative estimate of drug-likeness (QED) is 0.422. The zero-order chi connectivity index (χ0) is 22.8. The van der Waals surface area contributed by atoms with Gasteiger partial charge in [-0.25, -0.2) is 9.78 Å². The number of hydrogen-bond acceptors (Lipinski definition) is 7. The van der Waals surface area contributed by atoms with Crippen LogP contribution in [-0.2, 0) is 16.1 Å². The minimum absolute atomic E-state index is 0.151. The maximum absolute atomic E-state index is 12.9. The van der Waals surface area contributed by atoms with E-state index in [0.717, 1.165) is 29.2 Å². The van der Waals surface area contributed by atoms with Crippen molar-refractivity contribution >= 4 is 44.8 Å². The lowest BCUT2D eigenvalue weighted by Gasteiger charge is -2.28. The lowest BCUT2D eigenvalue weighted by molar-refractivity contribution is 0.0468. The van der Waals surface area contributed by atoms with Crippen molar-refractivity contribution in [2.45, 2.75) is 6.61 Å². The van der Waals surface area contributed by atoms with Gasteiger partial charge in [-0.2, -0.15) is 0 Å². The van der Waals surface area contributed by atoms with Crippen molar-refractivity contribution in [3.8, 4) is 11.1 Å². The van der Waals surface area contributed by atoms with Crippen LogP contribution in [0.4, 0.5) is 5.00 Å². The van der Waals surface area contributed by atoms with Gasteiger partial charge in [0.05, 0.1) is 29.1 Å². The van der Waals surface area contributed by atoms with E-state index in [0.29, 0.717) is 34.0 Å². The molecule has 4 aromatic rings. The van der Waals surface area contributed by atoms with E-state index in [1.54, 1.807) is 18.2 Å². The number of hydrogen-bond donors (Lipinski definition) is 1. The van der Waals surface area contributed by atoms with Crippen molar-refractivity contribution in [3.63, 3.8) is 0 Å². The number of halogens is 1. The van der Waals surface area contributed by atoms with E-state index in [1.165, 1.54) is 11.3 Å². The van der Waals surface area contributed by atoms with Gasteiger partial charge in [0.25, 0.3) is 5.56 Å². The summed E-state index contributed by atoms with van der Waals surface area (Å²) in [5.41, 5.74) is 2.17. The van der Waals surface area contributed by atoms with Crippen LogP contribution in [-0.4, -0.2) is 42.2 Å². The Balaban J connectivity index is 1.40. The van der Waals surface area contributed by atoms with Gasteiger partial charge < -0.3 is 19.4 Å². The SMILES string of the molecule is O=C(OCc1nc2cc(Cl)ccc2c(=O)[nH]1)c1cc(-c2ccccc2)c(N2CCOCC2)s1. The summed E-state index contributed by atoms with van der Waals surface area (Å²) >= 11 is 7.41. The summed E-state index contributed by atoms with van der Waals surface area (Å²) in [5, 5.41) is 1.92. The van der Waals surface area contributed by atoms with Crippen molar-refractivity contribution in [2.75, 3.05) is 31.2 Å². The summed E-state index contributed by atoms with van der Waals surface area (Å²) in [4.78, 5) is 35.0. The Bertz CT molecular complexity index is 1360. The molecule has 1 fully saturated rings. The minimum atomic E-state index is -0.467. The Labute approximate surface area is 198 Å². The molecule has 0 saturated carbocycles. The number of morpholine rings is 1. The second-order valence-electron chi connectivity index (χ2n) is 7.55. The maximum Gasteiger partial charge on any atom is 0.348 e. The smallest absolute Gasteiger partial charge is 0.348 e. The first-order valence-electron chi connectivity index (χ1n) is 10.5. The lowest BCUT2D eigenvalue weighted by atomic mass is 10.1. The first-order valence-corrected chi connectivity index (χ1v) is 11.7. The molecule has 0 aliphatic carbocycles. The number of esters is 1. The Morgan fingerprint density at radius 2 is 1.94 bits per heavy atom. The summed E-state index contributed by atoms with van der Waals surface area (Å²) in [5.74, 6) is -0.207. The number of carbonyl (C=O) groups excluding carboxylic acids is 1. The van der Waals surface area contributed by atoms with Crippen LogP contribution in [0.3, 0.4) is 0 Å². The normalized spacial score (nSPS) is 13.9. The number of H-pyrrole nitrogens is 1. The van der Waals surface area contributed by atoms with E-state index >= 15 is 0 Å². The van der Waals surface area contributed by atoms with Crippen LogP contribution in [0, 0.1) is 0 Å². The van der Waals surface area contributed by atoms with Gasteiger partial charge >= 0.3 is 5.97 Å². The van der Waals surface area contributed by atoms with Gasteiger partial charge in [-0.15, -0.1) is 11.3 Å². The minimum Gasteiger partial charge on any atom is -0.453 e. The summed E-state index contributed by atoms with van der Waals surface area (Å²) in [6.45, 7) is 2.68. The van der Waals surface area contributed by atoms with E-state index in [-0.39, 0.29) is 18.0 Å². The average molecular weight is 482 g/mol. The van der Waals surface area contributed by atoms with Crippen LogP contribution in [0.5, 0.6) is 0 Å². The number of anilines is 1. The third-order valence-electron chi connectivity index (χ3n) is 5.35. The summed E-state index contributed by atoms with van der Waals surface area (Å²) in [6, 6.07) is 16.7. The summed E-state index contributed by atoms with van der Waals surface area (Å²) in [7, 11) is 0. The standard InChI is InChI=1S/C24H20ClN3O4S/c25-16-6-7-17-19(12-16)26-21(27-22(17)29)14-32-24(30)20-13-18(15-4-2-1-3-5-15)23(33-20)28-8-10-31-11-9-28/h1-7,12-13H,8-11,14H2,(H,26,27,29). The Kier molecular flexibility index (Phi) is 6.13. The number of aromatic amines is 1. The molecule has 1 aliphatic heterocycles. The Morgan fingerprint density at radius 1 is 1.15 bits per heavy atom. The van der Waals surface area contributed by atoms with E-state index in [1.807, 2.05) is 36.4 Å². The molecule has 0 amide bonds. The van der Waals surface area contributed by atoms with Gasteiger partial charge in [-0.1, -0.05) is 41.9 Å². The fraction of sp³-hybridized carbons (Fsp3) is 0.208. The van der Waals surface area contributed by atoms with Crippen LogP contribution in [0.15, 0.2) is 59.4 Å². The number of fused-ring (bicyclic) bond motifs is 1. The largest absolute Gasteiger partial charge is 0.453 e. The van der Waals surface area contributed by atoms with Crippen molar-refractivity contribution in [1.82, 2.24) is 9.97 Å². The fourth-order valence-corrected chi connectivity index (χ4v) is 5.03. The van der Waals surface area contributed by atoms with E-state index < -0.39 is 5.97 Å². The molecule has 7 nitrogen and oxygen atoms in total. The molecule has 0 spiro atoms. The molecule has 0 unspecified atom stereocenters. The molecule has 1 aliphatic rings. The molecule has 9 heteroatoms. The van der Waals surface area contributed by atoms with Gasteiger partial charge in [-0.05, 0) is 29.8 Å². The number of aromatic nitrogens is 2. The highest BCUT2D eigenvalue weighted by Gasteiger charge is 2.22. The molecule has 1 N–H and O–H groups in total. The number of carbonyl (C=O) groups is 1. The molecule has 168 valence electrons. The number of benzene rings is 2. The van der Waals surface area contributed by atoms with E-state index in [9.17, 15) is 9.59 Å². The second kappa shape index (κ2) is 9.35. The molecule has 3 heterocycles. The topological polar surface area (TPSA) is 84.5 Å². The lowest BCUT2D eigenvalue weighted by Crippen LogP contribution is -2.35. The summed E-state index contributed by atoms with van der Waals surface area (Å²) < 4.78 is 11.0. The van der Waals surface area contributed by atoms with Crippen molar-refractivity contribution in [1.29, 1.82) is 0 Å². The average Bonchev–Trinajstić information content (AvgIpc) is 3.29. The van der Waals surface area contributed by atoms with Crippen LogP contribution >= 0.6 is 22.9 Å². The van der Waals surface area contributed by atoms with E-state index in [2.05, 4.69) is 14.9 Å². The number of rotatable bonds is 5. The van der Waals surface area contributed by atoms with Gasteiger partial charge in [0.15, 0.2) is 0 Å². The molecule has 0 atom stereocenters. The maximum atomic E-state index is 12.9. The highest BCUT2D eigenvalue weighted by molar-refractivity contribution is 7.18. The van der Waals surface area contributed by atoms with Crippen LogP contribution < -0.4 is 10.5 Å². The molecule has 2 aromatic carbocycles. The summed E-state index contributed by atoms with van der Waals surface area (Å²) in [6.07, 6.45) is 0. The molecular formula is C24H20ClN3O4S. The molecule has 1 saturated heterocycles. The zero-order valence-corrected chi connectivity index (χ0v) is 19.1. The monoisotopic (exact) mass is 481 g/mol. The molecular weight excluding hydrogens is 462 g/mol. The highest BCUT2D eigenvalue weighted by Crippen LogP contribution is 2.39. The first kappa shape index (κ1) is 21.6. The van der Waals surface area contributed by atoms with Crippen molar-refractivity contribution in [3.05, 3.63) is 80.7 Å². The third-order valence-corrected chi connectivity index (χ3v) is 6.77. The second-order valence-corrected chi connectivity index (χ2v) is 9.01. The zero-order valence-electron chi connectivity index (χ0n) is 17.5. The third kappa shape index (κ3) is 4.64. The molecule has 2 aromatic heterocycles.